The molecule has 0 saturated carbocycles. The Hall–Kier alpha value is -3.86. The zero-order chi connectivity index (χ0) is 18.3. The molecule has 1 aromatic heterocycles. The minimum absolute atomic E-state index is 0.521. The average molecular weight is 354 g/mol. The van der Waals surface area contributed by atoms with Gasteiger partial charge in [0.05, 0.1) is 0 Å². The lowest BCUT2D eigenvalue weighted by Gasteiger charge is -2.09. The van der Waals surface area contributed by atoms with Gasteiger partial charge in [0.1, 0.15) is 17.3 Å². The quantitative estimate of drug-likeness (QED) is 0.461. The van der Waals surface area contributed by atoms with E-state index in [1.807, 2.05) is 91.0 Å². The minimum Gasteiger partial charge on any atom is -0.457 e. The highest BCUT2D eigenvalue weighted by atomic mass is 16.5. The van der Waals surface area contributed by atoms with Crippen LogP contribution in [-0.2, 0) is 0 Å². The second-order valence-corrected chi connectivity index (χ2v) is 5.82. The fourth-order valence-electron chi connectivity index (χ4n) is 2.52. The van der Waals surface area contributed by atoms with Crippen LogP contribution in [0.25, 0.3) is 0 Å². The van der Waals surface area contributed by atoms with Crippen molar-refractivity contribution in [2.45, 2.75) is 0 Å². The van der Waals surface area contributed by atoms with Crippen LogP contribution in [0.15, 0.2) is 97.2 Å². The summed E-state index contributed by atoms with van der Waals surface area (Å²) >= 11 is 0. The molecule has 132 valence electrons. The van der Waals surface area contributed by atoms with Gasteiger partial charge in [0, 0.05) is 17.6 Å². The molecule has 0 aliphatic carbocycles. The number of rotatable bonds is 6. The maximum atomic E-state index is 5.80. The van der Waals surface area contributed by atoms with Gasteiger partial charge >= 0.3 is 0 Å². The topological polar surface area (TPSA) is 59.1 Å². The summed E-state index contributed by atoms with van der Waals surface area (Å²) in [4.78, 5) is 8.76. The molecule has 3 aromatic carbocycles. The van der Waals surface area contributed by atoms with Gasteiger partial charge in [0.2, 0.25) is 5.95 Å². The summed E-state index contributed by atoms with van der Waals surface area (Å²) in [5, 5.41) is 6.46. The number of aromatic nitrogens is 2. The van der Waals surface area contributed by atoms with Gasteiger partial charge in [-0.3, -0.25) is 0 Å². The van der Waals surface area contributed by atoms with E-state index in [4.69, 9.17) is 4.74 Å². The molecule has 0 saturated heterocycles. The summed E-state index contributed by atoms with van der Waals surface area (Å²) in [6.45, 7) is 0. The van der Waals surface area contributed by atoms with Crippen LogP contribution in [0.1, 0.15) is 0 Å². The molecule has 0 aliphatic heterocycles. The van der Waals surface area contributed by atoms with E-state index in [2.05, 4.69) is 20.6 Å². The highest BCUT2D eigenvalue weighted by Gasteiger charge is 2.02. The van der Waals surface area contributed by atoms with Crippen molar-refractivity contribution < 1.29 is 4.74 Å². The van der Waals surface area contributed by atoms with Crippen LogP contribution in [0.2, 0.25) is 0 Å². The molecule has 2 N–H and O–H groups in total. The lowest BCUT2D eigenvalue weighted by atomic mass is 10.3. The number of hydrogen-bond donors (Lipinski definition) is 2. The van der Waals surface area contributed by atoms with Crippen molar-refractivity contribution in [1.29, 1.82) is 0 Å². The van der Waals surface area contributed by atoms with Gasteiger partial charge in [-0.2, -0.15) is 4.98 Å². The molecule has 1 heterocycles. The first-order chi connectivity index (χ1) is 13.3. The maximum absolute atomic E-state index is 5.80. The molecule has 27 heavy (non-hydrogen) atoms. The van der Waals surface area contributed by atoms with Crippen molar-refractivity contribution in [2.75, 3.05) is 10.6 Å². The fourth-order valence-corrected chi connectivity index (χ4v) is 2.52. The van der Waals surface area contributed by atoms with Gasteiger partial charge in [-0.15, -0.1) is 0 Å². The van der Waals surface area contributed by atoms with Crippen LogP contribution in [0.5, 0.6) is 11.5 Å². The molecule has 0 unspecified atom stereocenters. The van der Waals surface area contributed by atoms with Crippen LogP contribution in [0.4, 0.5) is 23.1 Å². The number of anilines is 4. The van der Waals surface area contributed by atoms with Crippen molar-refractivity contribution in [1.82, 2.24) is 9.97 Å². The number of hydrogen-bond acceptors (Lipinski definition) is 5. The summed E-state index contributed by atoms with van der Waals surface area (Å²) in [5.41, 5.74) is 1.86. The summed E-state index contributed by atoms with van der Waals surface area (Å²) in [6, 6.07) is 29.1. The van der Waals surface area contributed by atoms with E-state index in [9.17, 15) is 0 Å². The van der Waals surface area contributed by atoms with E-state index < -0.39 is 0 Å². The van der Waals surface area contributed by atoms with Crippen LogP contribution in [-0.4, -0.2) is 9.97 Å². The van der Waals surface area contributed by atoms with Crippen molar-refractivity contribution in [3.63, 3.8) is 0 Å². The maximum Gasteiger partial charge on any atom is 0.229 e. The van der Waals surface area contributed by atoms with Crippen LogP contribution in [0.3, 0.4) is 0 Å². The first kappa shape index (κ1) is 16.6. The predicted octanol–water partition coefficient (Wildman–Crippen LogP) is 5.76. The molecule has 0 amide bonds. The zero-order valence-corrected chi connectivity index (χ0v) is 14.5. The molecule has 0 radical (unpaired) electrons. The van der Waals surface area contributed by atoms with Gasteiger partial charge in [0.25, 0.3) is 0 Å². The lowest BCUT2D eigenvalue weighted by molar-refractivity contribution is 0.483. The molecule has 0 fully saturated rings. The highest BCUT2D eigenvalue weighted by Crippen LogP contribution is 2.24. The molecule has 0 atom stereocenters. The Morgan fingerprint density at radius 3 is 1.96 bits per heavy atom. The Morgan fingerprint density at radius 2 is 1.22 bits per heavy atom. The Morgan fingerprint density at radius 1 is 0.593 bits per heavy atom. The molecule has 4 aromatic rings. The molecule has 0 aliphatic rings. The van der Waals surface area contributed by atoms with Crippen LogP contribution in [0, 0.1) is 0 Å². The molecule has 0 spiro atoms. The number of ether oxygens (including phenoxy) is 1. The second-order valence-electron chi connectivity index (χ2n) is 5.82. The number of nitrogens with zero attached hydrogens (tertiary/aromatic N) is 2. The summed E-state index contributed by atoms with van der Waals surface area (Å²) < 4.78 is 5.80. The van der Waals surface area contributed by atoms with E-state index >= 15 is 0 Å². The van der Waals surface area contributed by atoms with Gasteiger partial charge in [0.15, 0.2) is 0 Å². The normalized spacial score (nSPS) is 10.2. The first-order valence-corrected chi connectivity index (χ1v) is 8.60. The molecule has 0 bridgehead atoms. The van der Waals surface area contributed by atoms with Gasteiger partial charge in [-0.1, -0.05) is 36.4 Å². The number of nitrogens with one attached hydrogen (secondary N) is 2. The van der Waals surface area contributed by atoms with Crippen molar-refractivity contribution in [3.8, 4) is 11.5 Å². The summed E-state index contributed by atoms with van der Waals surface area (Å²) in [7, 11) is 0. The highest BCUT2D eigenvalue weighted by molar-refractivity contribution is 5.59. The van der Waals surface area contributed by atoms with E-state index in [-0.39, 0.29) is 0 Å². The third kappa shape index (κ3) is 4.61. The van der Waals surface area contributed by atoms with E-state index in [1.54, 1.807) is 6.20 Å². The number of para-hydroxylation sites is 2. The van der Waals surface area contributed by atoms with Crippen molar-refractivity contribution in [2.24, 2.45) is 0 Å². The zero-order valence-electron chi connectivity index (χ0n) is 14.5. The summed E-state index contributed by atoms with van der Waals surface area (Å²) in [6.07, 6.45) is 1.72. The Bertz CT molecular complexity index is 989. The van der Waals surface area contributed by atoms with E-state index in [0.717, 1.165) is 28.7 Å². The standard InChI is InChI=1S/C22H18N4O/c1-3-7-17(8-4-1)24-21-15-16-23-22(26-21)25-18-11-13-20(14-12-18)27-19-9-5-2-6-10-19/h1-16H,(H2,23,24,25,26). The Balaban J connectivity index is 1.42. The molecular weight excluding hydrogens is 336 g/mol. The van der Waals surface area contributed by atoms with Crippen molar-refractivity contribution >= 4 is 23.1 Å². The second kappa shape index (κ2) is 8.01. The Labute approximate surface area is 157 Å². The van der Waals surface area contributed by atoms with E-state index in [0.29, 0.717) is 5.95 Å². The average Bonchev–Trinajstić information content (AvgIpc) is 2.71. The molecular formula is C22H18N4O. The van der Waals surface area contributed by atoms with Gasteiger partial charge in [-0.25, -0.2) is 4.98 Å². The van der Waals surface area contributed by atoms with Crippen LogP contribution >= 0.6 is 0 Å². The molecule has 5 heteroatoms. The Kier molecular flexibility index (Phi) is 4.93. The van der Waals surface area contributed by atoms with Gasteiger partial charge in [-0.05, 0) is 54.6 Å². The first-order valence-electron chi connectivity index (χ1n) is 8.60. The SMILES string of the molecule is c1ccc(Nc2ccnc(Nc3ccc(Oc4ccccc4)cc3)n2)cc1. The van der Waals surface area contributed by atoms with Crippen molar-refractivity contribution in [3.05, 3.63) is 97.2 Å². The third-order valence-corrected chi connectivity index (χ3v) is 3.79. The van der Waals surface area contributed by atoms with Gasteiger partial charge < -0.3 is 15.4 Å². The fraction of sp³-hybridized carbons (Fsp3) is 0. The molecule has 5 nitrogen and oxygen atoms in total. The third-order valence-electron chi connectivity index (χ3n) is 3.79. The molecule has 4 rings (SSSR count). The summed E-state index contributed by atoms with van der Waals surface area (Å²) in [5.74, 6) is 2.82. The smallest absolute Gasteiger partial charge is 0.229 e. The number of benzene rings is 3. The minimum atomic E-state index is 0.521. The lowest BCUT2D eigenvalue weighted by Crippen LogP contribution is -2.00. The predicted molar refractivity (Wildman–Crippen MR) is 108 cm³/mol. The monoisotopic (exact) mass is 354 g/mol. The largest absolute Gasteiger partial charge is 0.457 e. The van der Waals surface area contributed by atoms with Crippen LogP contribution < -0.4 is 15.4 Å². The van der Waals surface area contributed by atoms with E-state index in [1.165, 1.54) is 0 Å².